The highest BCUT2D eigenvalue weighted by molar-refractivity contribution is 5.72. The van der Waals surface area contributed by atoms with Crippen LogP contribution < -0.4 is 0 Å². The summed E-state index contributed by atoms with van der Waals surface area (Å²) in [7, 11) is 1.44. The zero-order chi connectivity index (χ0) is 16.5. The van der Waals surface area contributed by atoms with E-state index in [9.17, 15) is 4.79 Å². The van der Waals surface area contributed by atoms with Crippen molar-refractivity contribution in [3.05, 3.63) is 0 Å². The minimum absolute atomic E-state index is 0.130. The first kappa shape index (κ1) is 17.7. The Morgan fingerprint density at radius 3 is 2.55 bits per heavy atom. The molecule has 1 spiro atoms. The van der Waals surface area contributed by atoms with Gasteiger partial charge in [0.2, 0.25) is 0 Å². The molecule has 0 saturated carbocycles. The summed E-state index contributed by atoms with van der Waals surface area (Å²) in [5.74, 6) is 0.280. The van der Waals surface area contributed by atoms with Gasteiger partial charge in [-0.05, 0) is 38.0 Å². The van der Waals surface area contributed by atoms with E-state index >= 15 is 0 Å². The number of rotatable bonds is 3. The van der Waals surface area contributed by atoms with Crippen LogP contribution in [0.1, 0.15) is 60.3 Å². The second-order valence-electron chi connectivity index (χ2n) is 7.40. The fourth-order valence-corrected chi connectivity index (χ4v) is 4.23. The van der Waals surface area contributed by atoms with Crippen LogP contribution in [-0.2, 0) is 19.0 Å². The Hall–Kier alpha value is -0.610. The Kier molecular flexibility index (Phi) is 5.54. The minimum Gasteiger partial charge on any atom is -0.469 e. The van der Waals surface area contributed by atoms with Crippen molar-refractivity contribution in [2.45, 2.75) is 78.3 Å². The maximum absolute atomic E-state index is 11.9. The average molecular weight is 312 g/mol. The first-order valence-electron chi connectivity index (χ1n) is 8.78. The molecule has 128 valence electrons. The highest BCUT2D eigenvalue weighted by Crippen LogP contribution is 2.47. The lowest BCUT2D eigenvalue weighted by molar-refractivity contribution is -0.356. The van der Waals surface area contributed by atoms with Gasteiger partial charge in [0, 0.05) is 12.3 Å². The van der Waals surface area contributed by atoms with Gasteiger partial charge in [-0.3, -0.25) is 4.79 Å². The van der Waals surface area contributed by atoms with Gasteiger partial charge in [0.25, 0.3) is 0 Å². The molecule has 2 heterocycles. The van der Waals surface area contributed by atoms with Crippen molar-refractivity contribution in [1.29, 1.82) is 0 Å². The minimum atomic E-state index is -0.521. The second-order valence-corrected chi connectivity index (χ2v) is 7.40. The van der Waals surface area contributed by atoms with E-state index in [1.165, 1.54) is 7.11 Å². The Bertz CT molecular complexity index is 397. The number of methoxy groups -OCH3 is 1. The fourth-order valence-electron chi connectivity index (χ4n) is 4.23. The SMILES string of the molecule is CC[C@H]1O[C@]2(CC[C@H]1C)O[C@H]([C@@H](C)C(=O)OC)[C@@H](C)C[C@@H]2C. The van der Waals surface area contributed by atoms with E-state index in [1.807, 2.05) is 6.92 Å². The number of carbonyl (C=O) groups is 1. The summed E-state index contributed by atoms with van der Waals surface area (Å²) in [5.41, 5.74) is 0. The number of esters is 1. The third-order valence-electron chi connectivity index (χ3n) is 5.77. The van der Waals surface area contributed by atoms with Gasteiger partial charge in [0.05, 0.1) is 25.2 Å². The molecule has 2 fully saturated rings. The van der Waals surface area contributed by atoms with Crippen molar-refractivity contribution in [2.24, 2.45) is 23.7 Å². The van der Waals surface area contributed by atoms with Crippen LogP contribution in [0.2, 0.25) is 0 Å². The maximum Gasteiger partial charge on any atom is 0.311 e. The van der Waals surface area contributed by atoms with Crippen molar-refractivity contribution in [3.63, 3.8) is 0 Å². The van der Waals surface area contributed by atoms with Gasteiger partial charge in [-0.15, -0.1) is 0 Å². The molecule has 2 aliphatic heterocycles. The van der Waals surface area contributed by atoms with E-state index in [0.717, 1.165) is 25.7 Å². The van der Waals surface area contributed by atoms with Gasteiger partial charge < -0.3 is 14.2 Å². The van der Waals surface area contributed by atoms with E-state index in [4.69, 9.17) is 14.2 Å². The Balaban J connectivity index is 2.19. The first-order chi connectivity index (χ1) is 10.3. The van der Waals surface area contributed by atoms with Gasteiger partial charge in [-0.1, -0.05) is 27.7 Å². The van der Waals surface area contributed by atoms with Crippen molar-refractivity contribution in [3.8, 4) is 0 Å². The Labute approximate surface area is 134 Å². The predicted molar refractivity (Wildman–Crippen MR) is 85.3 cm³/mol. The molecule has 22 heavy (non-hydrogen) atoms. The topological polar surface area (TPSA) is 44.8 Å². The molecule has 0 radical (unpaired) electrons. The smallest absolute Gasteiger partial charge is 0.311 e. The van der Waals surface area contributed by atoms with Crippen LogP contribution in [0.25, 0.3) is 0 Å². The van der Waals surface area contributed by atoms with Crippen molar-refractivity contribution in [1.82, 2.24) is 0 Å². The third-order valence-corrected chi connectivity index (χ3v) is 5.77. The summed E-state index contributed by atoms with van der Waals surface area (Å²) in [6.07, 6.45) is 4.19. The molecular formula is C18H32O4. The van der Waals surface area contributed by atoms with Gasteiger partial charge in [0.1, 0.15) is 0 Å². The lowest BCUT2D eigenvalue weighted by Crippen LogP contribution is -2.58. The highest BCUT2D eigenvalue weighted by Gasteiger charge is 2.52. The Morgan fingerprint density at radius 2 is 1.95 bits per heavy atom. The molecule has 0 unspecified atom stereocenters. The number of hydrogen-bond acceptors (Lipinski definition) is 4. The predicted octanol–water partition coefficient (Wildman–Crippen LogP) is 3.78. The number of hydrogen-bond donors (Lipinski definition) is 0. The monoisotopic (exact) mass is 312 g/mol. The van der Waals surface area contributed by atoms with E-state index < -0.39 is 5.79 Å². The van der Waals surface area contributed by atoms with E-state index in [-0.39, 0.29) is 24.1 Å². The molecule has 0 aromatic heterocycles. The summed E-state index contributed by atoms with van der Waals surface area (Å²) in [6, 6.07) is 0. The molecule has 2 aliphatic rings. The van der Waals surface area contributed by atoms with Crippen LogP contribution in [0.15, 0.2) is 0 Å². The Morgan fingerprint density at radius 1 is 1.27 bits per heavy atom. The lowest BCUT2D eigenvalue weighted by Gasteiger charge is -2.53. The average Bonchev–Trinajstić information content (AvgIpc) is 2.51. The van der Waals surface area contributed by atoms with Crippen LogP contribution in [-0.4, -0.2) is 31.1 Å². The molecule has 0 bridgehead atoms. The standard InChI is InChI=1S/C18H32O4/c1-7-15-11(2)8-9-18(21-15)13(4)10-12(3)16(22-18)14(5)17(19)20-6/h11-16H,7-10H2,1-6H3/t11-,12+,13+,14-,15-,16+,18-/m1/s1. The number of ether oxygens (including phenoxy) is 3. The molecule has 0 amide bonds. The lowest BCUT2D eigenvalue weighted by atomic mass is 9.76. The van der Waals surface area contributed by atoms with E-state index in [1.54, 1.807) is 0 Å². The molecule has 0 N–H and O–H groups in total. The molecule has 7 atom stereocenters. The van der Waals surface area contributed by atoms with Crippen molar-refractivity contribution >= 4 is 5.97 Å². The van der Waals surface area contributed by atoms with Gasteiger partial charge >= 0.3 is 5.97 Å². The zero-order valence-electron chi connectivity index (χ0n) is 14.9. The molecule has 0 aliphatic carbocycles. The van der Waals surface area contributed by atoms with Crippen molar-refractivity contribution in [2.75, 3.05) is 7.11 Å². The molecule has 0 aromatic carbocycles. The van der Waals surface area contributed by atoms with Crippen molar-refractivity contribution < 1.29 is 19.0 Å². The van der Waals surface area contributed by atoms with Gasteiger partial charge in [-0.2, -0.15) is 0 Å². The number of carbonyl (C=O) groups excluding carboxylic acids is 1. The summed E-state index contributed by atoms with van der Waals surface area (Å²) in [6.45, 7) is 10.7. The van der Waals surface area contributed by atoms with Crippen LogP contribution in [0, 0.1) is 23.7 Å². The second kappa shape index (κ2) is 6.88. The van der Waals surface area contributed by atoms with E-state index in [2.05, 4.69) is 27.7 Å². The summed E-state index contributed by atoms with van der Waals surface area (Å²) in [5, 5.41) is 0. The maximum atomic E-state index is 11.9. The fraction of sp³-hybridized carbons (Fsp3) is 0.944. The van der Waals surface area contributed by atoms with Crippen LogP contribution in [0.3, 0.4) is 0 Å². The van der Waals surface area contributed by atoms with Gasteiger partial charge in [-0.25, -0.2) is 0 Å². The molecule has 2 saturated heterocycles. The van der Waals surface area contributed by atoms with Crippen LogP contribution in [0.4, 0.5) is 0 Å². The van der Waals surface area contributed by atoms with Crippen LogP contribution in [0.5, 0.6) is 0 Å². The molecule has 0 aromatic rings. The first-order valence-corrected chi connectivity index (χ1v) is 8.78. The quantitative estimate of drug-likeness (QED) is 0.744. The molecular weight excluding hydrogens is 280 g/mol. The van der Waals surface area contributed by atoms with Gasteiger partial charge in [0.15, 0.2) is 5.79 Å². The van der Waals surface area contributed by atoms with E-state index in [0.29, 0.717) is 17.8 Å². The largest absolute Gasteiger partial charge is 0.469 e. The normalized spacial score (nSPS) is 43.8. The summed E-state index contributed by atoms with van der Waals surface area (Å²) < 4.78 is 17.9. The zero-order valence-corrected chi connectivity index (χ0v) is 14.9. The third kappa shape index (κ3) is 3.18. The molecule has 4 heteroatoms. The summed E-state index contributed by atoms with van der Waals surface area (Å²) >= 11 is 0. The summed E-state index contributed by atoms with van der Waals surface area (Å²) in [4.78, 5) is 11.9. The molecule has 2 rings (SSSR count). The highest BCUT2D eigenvalue weighted by atomic mass is 16.7. The molecule has 4 nitrogen and oxygen atoms in total. The van der Waals surface area contributed by atoms with Crippen LogP contribution >= 0.6 is 0 Å².